The Balaban J connectivity index is 2.23. The van der Waals surface area contributed by atoms with Crippen molar-refractivity contribution in [3.63, 3.8) is 0 Å². The zero-order valence-electron chi connectivity index (χ0n) is 13.9. The van der Waals surface area contributed by atoms with Crippen molar-refractivity contribution in [3.8, 4) is 5.75 Å². The van der Waals surface area contributed by atoms with E-state index in [1.165, 1.54) is 24.3 Å². The van der Waals surface area contributed by atoms with Crippen LogP contribution in [0.2, 0.25) is 0 Å². The number of nitrogens with one attached hydrogen (secondary N) is 1. The normalized spacial score (nSPS) is 11.3. The molecule has 2 aromatic carbocycles. The topological polar surface area (TPSA) is 72.5 Å². The highest BCUT2D eigenvalue weighted by Crippen LogP contribution is 2.28. The first-order valence-electron chi connectivity index (χ1n) is 7.77. The zero-order chi connectivity index (χ0) is 17.7. The van der Waals surface area contributed by atoms with Crippen LogP contribution in [-0.2, 0) is 14.9 Å². The molecule has 24 heavy (non-hydrogen) atoms. The lowest BCUT2D eigenvalue weighted by molar-refractivity contribution is -0.115. The van der Waals surface area contributed by atoms with Crippen molar-refractivity contribution < 1.29 is 17.4 Å². The van der Waals surface area contributed by atoms with Crippen LogP contribution in [0.15, 0.2) is 53.4 Å². The Morgan fingerprint density at radius 2 is 1.71 bits per heavy atom. The van der Waals surface area contributed by atoms with E-state index in [9.17, 15) is 13.2 Å². The van der Waals surface area contributed by atoms with Crippen LogP contribution in [0, 0.1) is 0 Å². The van der Waals surface area contributed by atoms with Gasteiger partial charge >= 0.3 is 10.1 Å². The molecule has 0 aliphatic carbocycles. The summed E-state index contributed by atoms with van der Waals surface area (Å²) in [5.41, 5.74) is 1.37. The van der Waals surface area contributed by atoms with Gasteiger partial charge in [-0.15, -0.1) is 0 Å². The lowest BCUT2D eigenvalue weighted by Crippen LogP contribution is -2.12. The summed E-state index contributed by atoms with van der Waals surface area (Å²) >= 11 is 0. The fraction of sp³-hybridized carbons (Fsp3) is 0.278. The summed E-state index contributed by atoms with van der Waals surface area (Å²) in [5.74, 6) is 0.339. The molecule has 6 heteroatoms. The Hall–Kier alpha value is -2.34. The smallest absolute Gasteiger partial charge is 0.339 e. The molecule has 0 atom stereocenters. The van der Waals surface area contributed by atoms with E-state index >= 15 is 0 Å². The van der Waals surface area contributed by atoms with Crippen molar-refractivity contribution in [1.29, 1.82) is 0 Å². The molecule has 0 radical (unpaired) electrons. The number of anilines is 1. The monoisotopic (exact) mass is 347 g/mol. The average molecular weight is 347 g/mol. The van der Waals surface area contributed by atoms with Crippen molar-refractivity contribution >= 4 is 21.7 Å². The summed E-state index contributed by atoms with van der Waals surface area (Å²) in [6.45, 7) is 5.69. The second kappa shape index (κ2) is 7.49. The Morgan fingerprint density at radius 3 is 2.29 bits per heavy atom. The van der Waals surface area contributed by atoms with E-state index in [1.54, 1.807) is 19.1 Å². The minimum absolute atomic E-state index is 0.0376. The summed E-state index contributed by atoms with van der Waals surface area (Å²) in [6.07, 6.45) is 0.356. The Labute approximate surface area is 142 Å². The first-order chi connectivity index (χ1) is 11.3. The van der Waals surface area contributed by atoms with Crippen molar-refractivity contribution in [2.75, 3.05) is 5.32 Å². The molecule has 0 saturated heterocycles. The third kappa shape index (κ3) is 4.35. The number of amides is 1. The molecule has 0 bridgehead atoms. The van der Waals surface area contributed by atoms with Gasteiger partial charge < -0.3 is 9.50 Å². The Morgan fingerprint density at radius 1 is 1.08 bits per heavy atom. The van der Waals surface area contributed by atoms with Crippen molar-refractivity contribution in [1.82, 2.24) is 0 Å². The van der Waals surface area contributed by atoms with E-state index < -0.39 is 10.1 Å². The number of benzene rings is 2. The standard InChI is InChI=1S/C18H21NO4S/c1-4-18(20)19-14-9-11-15(12-10-14)24(21,22)23-17-8-6-5-7-16(17)13(2)3/h5-13H,4H2,1-3H3,(H,19,20). The SMILES string of the molecule is CCC(=O)Nc1ccc(S(=O)(=O)Oc2ccccc2C(C)C)cc1. The summed E-state index contributed by atoms with van der Waals surface area (Å²) < 4.78 is 30.2. The van der Waals surface area contributed by atoms with E-state index in [4.69, 9.17) is 4.18 Å². The zero-order valence-corrected chi connectivity index (χ0v) is 14.8. The maximum atomic E-state index is 12.5. The summed E-state index contributed by atoms with van der Waals surface area (Å²) in [6, 6.07) is 13.0. The lowest BCUT2D eigenvalue weighted by Gasteiger charge is -2.13. The summed E-state index contributed by atoms with van der Waals surface area (Å²) in [4.78, 5) is 11.4. The highest BCUT2D eigenvalue weighted by molar-refractivity contribution is 7.87. The van der Waals surface area contributed by atoms with Gasteiger partial charge in [0.05, 0.1) is 0 Å². The molecule has 0 saturated carbocycles. The van der Waals surface area contributed by atoms with E-state index in [0.29, 0.717) is 17.9 Å². The number of para-hydroxylation sites is 1. The first kappa shape index (κ1) is 18.0. The maximum absolute atomic E-state index is 12.5. The molecule has 0 aromatic heterocycles. The van der Waals surface area contributed by atoms with Crippen molar-refractivity contribution in [3.05, 3.63) is 54.1 Å². The Bertz CT molecular complexity index is 811. The van der Waals surface area contributed by atoms with Gasteiger partial charge in [0, 0.05) is 12.1 Å². The molecule has 128 valence electrons. The van der Waals surface area contributed by atoms with Crippen molar-refractivity contribution in [2.45, 2.75) is 38.0 Å². The van der Waals surface area contributed by atoms with Gasteiger partial charge in [-0.1, -0.05) is 39.0 Å². The minimum Gasteiger partial charge on any atom is -0.379 e. The molecule has 0 aliphatic rings. The van der Waals surface area contributed by atoms with Gasteiger partial charge in [-0.2, -0.15) is 8.42 Å². The predicted molar refractivity (Wildman–Crippen MR) is 93.7 cm³/mol. The average Bonchev–Trinajstić information content (AvgIpc) is 2.55. The molecule has 2 rings (SSSR count). The molecule has 5 nitrogen and oxygen atoms in total. The van der Waals surface area contributed by atoms with Gasteiger partial charge in [0.25, 0.3) is 0 Å². The van der Waals surface area contributed by atoms with Gasteiger partial charge in [0.1, 0.15) is 10.6 Å². The van der Waals surface area contributed by atoms with E-state index in [-0.39, 0.29) is 16.7 Å². The molecule has 0 heterocycles. The lowest BCUT2D eigenvalue weighted by atomic mass is 10.0. The van der Waals surface area contributed by atoms with E-state index in [1.807, 2.05) is 26.0 Å². The van der Waals surface area contributed by atoms with Crippen LogP contribution in [0.1, 0.15) is 38.7 Å². The molecule has 1 amide bonds. The molecule has 0 unspecified atom stereocenters. The van der Waals surface area contributed by atoms with Crippen LogP contribution in [0.25, 0.3) is 0 Å². The third-order valence-electron chi connectivity index (χ3n) is 3.49. The number of rotatable bonds is 6. The number of hydrogen-bond acceptors (Lipinski definition) is 4. The van der Waals surface area contributed by atoms with Gasteiger partial charge in [-0.3, -0.25) is 4.79 Å². The number of hydrogen-bond donors (Lipinski definition) is 1. The highest BCUT2D eigenvalue weighted by atomic mass is 32.2. The third-order valence-corrected chi connectivity index (χ3v) is 4.74. The van der Waals surface area contributed by atoms with Gasteiger partial charge in [0.2, 0.25) is 5.91 Å². The van der Waals surface area contributed by atoms with Crippen LogP contribution in [0.5, 0.6) is 5.75 Å². The predicted octanol–water partition coefficient (Wildman–Crippen LogP) is 3.93. The van der Waals surface area contributed by atoms with Crippen LogP contribution in [0.3, 0.4) is 0 Å². The molecule has 2 aromatic rings. The van der Waals surface area contributed by atoms with Gasteiger partial charge in [-0.25, -0.2) is 0 Å². The molecule has 0 fully saturated rings. The van der Waals surface area contributed by atoms with E-state index in [0.717, 1.165) is 5.56 Å². The second-order valence-electron chi connectivity index (χ2n) is 5.66. The van der Waals surface area contributed by atoms with Crippen LogP contribution >= 0.6 is 0 Å². The fourth-order valence-electron chi connectivity index (χ4n) is 2.15. The quantitative estimate of drug-likeness (QED) is 0.804. The van der Waals surface area contributed by atoms with Crippen LogP contribution < -0.4 is 9.50 Å². The molecule has 0 spiro atoms. The highest BCUT2D eigenvalue weighted by Gasteiger charge is 2.19. The molecule has 1 N–H and O–H groups in total. The second-order valence-corrected chi connectivity index (χ2v) is 7.20. The largest absolute Gasteiger partial charge is 0.379 e. The van der Waals surface area contributed by atoms with E-state index in [2.05, 4.69) is 5.32 Å². The fourth-order valence-corrected chi connectivity index (χ4v) is 3.11. The molecular formula is C18H21NO4S. The Kier molecular flexibility index (Phi) is 5.62. The number of carbonyl (C=O) groups is 1. The molecule has 0 aliphatic heterocycles. The number of carbonyl (C=O) groups excluding carboxylic acids is 1. The van der Waals surface area contributed by atoms with Gasteiger partial charge in [-0.05, 0) is 41.8 Å². The molecular weight excluding hydrogens is 326 g/mol. The summed E-state index contributed by atoms with van der Waals surface area (Å²) in [7, 11) is -3.93. The first-order valence-corrected chi connectivity index (χ1v) is 9.17. The maximum Gasteiger partial charge on any atom is 0.339 e. The van der Waals surface area contributed by atoms with Crippen molar-refractivity contribution in [2.24, 2.45) is 0 Å². The minimum atomic E-state index is -3.93. The van der Waals surface area contributed by atoms with Crippen LogP contribution in [-0.4, -0.2) is 14.3 Å². The van der Waals surface area contributed by atoms with Crippen LogP contribution in [0.4, 0.5) is 5.69 Å². The summed E-state index contributed by atoms with van der Waals surface area (Å²) in [5, 5.41) is 2.67. The van der Waals surface area contributed by atoms with Gasteiger partial charge in [0.15, 0.2) is 0 Å².